The lowest BCUT2D eigenvalue weighted by Crippen LogP contribution is -2.65. The highest BCUT2D eigenvalue weighted by Crippen LogP contribution is 2.54. The topological polar surface area (TPSA) is 58.8 Å². The summed E-state index contributed by atoms with van der Waals surface area (Å²) in [5, 5.41) is 0. The molecule has 0 aromatic heterocycles. The van der Waals surface area contributed by atoms with E-state index in [-0.39, 0.29) is 5.91 Å². The van der Waals surface area contributed by atoms with E-state index in [1.807, 2.05) is 24.1 Å². The van der Waals surface area contributed by atoms with Crippen LogP contribution in [0.2, 0.25) is 0 Å². The summed E-state index contributed by atoms with van der Waals surface area (Å²) >= 11 is 0. The van der Waals surface area contributed by atoms with Crippen molar-refractivity contribution < 1.29 is 9.53 Å². The van der Waals surface area contributed by atoms with Gasteiger partial charge in [-0.3, -0.25) is 10.5 Å². The Labute approximate surface area is 143 Å². The van der Waals surface area contributed by atoms with E-state index in [0.29, 0.717) is 12.6 Å². The Morgan fingerprint density at radius 3 is 2.62 bits per heavy atom. The van der Waals surface area contributed by atoms with E-state index in [1.165, 1.54) is 19.3 Å². The predicted octanol–water partition coefficient (Wildman–Crippen LogP) is 2.23. The third kappa shape index (κ3) is 1.76. The van der Waals surface area contributed by atoms with Gasteiger partial charge in [0.1, 0.15) is 5.75 Å². The first-order valence-corrected chi connectivity index (χ1v) is 8.96. The molecule has 1 amide bonds. The minimum atomic E-state index is -1.00. The van der Waals surface area contributed by atoms with Crippen LogP contribution in [0.5, 0.6) is 5.75 Å². The van der Waals surface area contributed by atoms with Gasteiger partial charge in [-0.05, 0) is 43.5 Å². The fourth-order valence-corrected chi connectivity index (χ4v) is 5.05. The van der Waals surface area contributed by atoms with E-state index in [9.17, 15) is 4.79 Å². The van der Waals surface area contributed by atoms with Crippen molar-refractivity contribution >= 4 is 11.6 Å². The van der Waals surface area contributed by atoms with Crippen LogP contribution in [0.15, 0.2) is 18.2 Å². The van der Waals surface area contributed by atoms with Crippen molar-refractivity contribution in [3.63, 3.8) is 0 Å². The number of hydrogen-bond acceptors (Lipinski definition) is 4. The molecule has 0 unspecified atom stereocenters. The molecule has 2 aliphatic heterocycles. The molecule has 1 aromatic carbocycles. The number of carbonyl (C=O) groups is 1. The van der Waals surface area contributed by atoms with Gasteiger partial charge >= 0.3 is 0 Å². The summed E-state index contributed by atoms with van der Waals surface area (Å²) in [6, 6.07) is 6.35. The molecule has 2 N–H and O–H groups in total. The van der Waals surface area contributed by atoms with Gasteiger partial charge in [0.2, 0.25) is 0 Å². The van der Waals surface area contributed by atoms with Crippen molar-refractivity contribution in [3.8, 4) is 5.75 Å². The van der Waals surface area contributed by atoms with Crippen LogP contribution in [0.25, 0.3) is 0 Å². The Kier molecular flexibility index (Phi) is 3.36. The Balaban J connectivity index is 1.78. The molecule has 2 heterocycles. The summed E-state index contributed by atoms with van der Waals surface area (Å²) in [7, 11) is 3.62. The Hall–Kier alpha value is -1.75. The highest BCUT2D eigenvalue weighted by Gasteiger charge is 2.67. The third-order valence-corrected chi connectivity index (χ3v) is 6.62. The summed E-state index contributed by atoms with van der Waals surface area (Å²) in [5.74, 6) is 0.894. The second-order valence-electron chi connectivity index (χ2n) is 7.77. The number of anilines is 1. The quantitative estimate of drug-likeness (QED) is 0.904. The van der Waals surface area contributed by atoms with Gasteiger partial charge in [0, 0.05) is 25.3 Å². The minimum Gasteiger partial charge on any atom is -0.497 e. The number of carbonyl (C=O) groups excluding carboxylic acids is 1. The van der Waals surface area contributed by atoms with Crippen LogP contribution < -0.4 is 15.4 Å². The van der Waals surface area contributed by atoms with E-state index in [4.69, 9.17) is 10.5 Å². The van der Waals surface area contributed by atoms with Crippen molar-refractivity contribution in [1.82, 2.24) is 4.90 Å². The van der Waals surface area contributed by atoms with Gasteiger partial charge in [-0.15, -0.1) is 0 Å². The Bertz CT molecular complexity index is 685. The zero-order valence-corrected chi connectivity index (χ0v) is 14.8. The van der Waals surface area contributed by atoms with E-state index in [2.05, 4.69) is 17.9 Å². The molecule has 5 heteroatoms. The first-order valence-electron chi connectivity index (χ1n) is 8.96. The molecule has 4 rings (SSSR count). The Morgan fingerprint density at radius 2 is 1.96 bits per heavy atom. The molecule has 3 aliphatic rings. The largest absolute Gasteiger partial charge is 0.497 e. The highest BCUT2D eigenvalue weighted by atomic mass is 16.5. The molecule has 1 saturated carbocycles. The van der Waals surface area contributed by atoms with Crippen LogP contribution in [-0.2, 0) is 10.2 Å². The van der Waals surface area contributed by atoms with E-state index < -0.39 is 11.1 Å². The molecule has 1 saturated heterocycles. The number of benzene rings is 1. The smallest absolute Gasteiger partial charge is 0.264 e. The van der Waals surface area contributed by atoms with Crippen LogP contribution in [0, 0.1) is 0 Å². The van der Waals surface area contributed by atoms with Gasteiger partial charge < -0.3 is 14.5 Å². The summed E-state index contributed by atoms with van der Waals surface area (Å²) in [5.41, 5.74) is 7.56. The highest BCUT2D eigenvalue weighted by molar-refractivity contribution is 5.98. The molecule has 5 nitrogen and oxygen atoms in total. The summed E-state index contributed by atoms with van der Waals surface area (Å²) < 4.78 is 5.41. The number of amides is 1. The van der Waals surface area contributed by atoms with Gasteiger partial charge in [0.15, 0.2) is 5.66 Å². The molecule has 0 radical (unpaired) electrons. The van der Waals surface area contributed by atoms with E-state index in [1.54, 1.807) is 7.11 Å². The molecule has 2 fully saturated rings. The fraction of sp³-hybridized carbons (Fsp3) is 0.632. The van der Waals surface area contributed by atoms with Crippen molar-refractivity contribution in [3.05, 3.63) is 23.8 Å². The maximum atomic E-state index is 13.4. The summed E-state index contributed by atoms with van der Waals surface area (Å²) in [4.78, 5) is 17.4. The van der Waals surface area contributed by atoms with Crippen molar-refractivity contribution in [2.75, 3.05) is 25.6 Å². The van der Waals surface area contributed by atoms with Crippen LogP contribution in [0.4, 0.5) is 5.69 Å². The second kappa shape index (κ2) is 5.12. The van der Waals surface area contributed by atoms with Gasteiger partial charge in [-0.2, -0.15) is 0 Å². The first kappa shape index (κ1) is 15.8. The monoisotopic (exact) mass is 329 g/mol. The number of nitrogens with zero attached hydrogens (tertiary/aromatic N) is 2. The number of methoxy groups -OCH3 is 1. The summed E-state index contributed by atoms with van der Waals surface area (Å²) in [6.45, 7) is 2.83. The number of rotatable bonds is 2. The number of fused-ring (bicyclic) bond motifs is 3. The molecule has 0 spiro atoms. The zero-order chi connectivity index (χ0) is 17.1. The molecule has 1 aliphatic carbocycles. The fourth-order valence-electron chi connectivity index (χ4n) is 5.05. The maximum Gasteiger partial charge on any atom is 0.264 e. The van der Waals surface area contributed by atoms with Gasteiger partial charge in [0.25, 0.3) is 5.91 Å². The summed E-state index contributed by atoms with van der Waals surface area (Å²) in [6.07, 6.45) is 5.91. The number of nitrogens with two attached hydrogens (primary N) is 1. The molecule has 24 heavy (non-hydrogen) atoms. The maximum absolute atomic E-state index is 13.4. The van der Waals surface area contributed by atoms with Crippen molar-refractivity contribution in [2.45, 2.75) is 56.1 Å². The zero-order valence-electron chi connectivity index (χ0n) is 14.8. The van der Waals surface area contributed by atoms with Crippen LogP contribution in [-0.4, -0.2) is 43.2 Å². The normalized spacial score (nSPS) is 32.9. The average molecular weight is 329 g/mol. The average Bonchev–Trinajstić information content (AvgIpc) is 2.93. The number of likely N-dealkylation sites (tertiary alicyclic amines) is 1. The molecule has 2 atom stereocenters. The lowest BCUT2D eigenvalue weighted by atomic mass is 9.76. The predicted molar refractivity (Wildman–Crippen MR) is 94.3 cm³/mol. The van der Waals surface area contributed by atoms with Crippen LogP contribution in [0.1, 0.15) is 44.6 Å². The van der Waals surface area contributed by atoms with Gasteiger partial charge in [0.05, 0.1) is 12.5 Å². The van der Waals surface area contributed by atoms with Crippen LogP contribution in [0.3, 0.4) is 0 Å². The lowest BCUT2D eigenvalue weighted by molar-refractivity contribution is -0.134. The number of likely N-dealkylation sites (N-methyl/N-ethyl adjacent to an activating group) is 1. The molecule has 1 aromatic rings. The number of hydrogen-bond donors (Lipinski definition) is 1. The SMILES string of the molecule is COc1ccc2c(c1)[C@]1(C)CN(C3CCCCC3)C(=O)[C@]1(N)N2C. The molecule has 0 bridgehead atoms. The lowest BCUT2D eigenvalue weighted by Gasteiger charge is -2.37. The van der Waals surface area contributed by atoms with Crippen molar-refractivity contribution in [1.29, 1.82) is 0 Å². The number of ether oxygens (including phenoxy) is 1. The second-order valence-corrected chi connectivity index (χ2v) is 7.77. The standard InChI is InChI=1S/C19H27N3O2/c1-18-12-22(13-7-5-4-6-8-13)17(23)19(18,20)21(2)16-10-9-14(24-3)11-15(16)18/h9-11,13H,4-8,12,20H2,1-3H3/t18-,19-/m0/s1. The Morgan fingerprint density at radius 1 is 1.25 bits per heavy atom. The first-order chi connectivity index (χ1) is 11.4. The van der Waals surface area contributed by atoms with E-state index in [0.717, 1.165) is 29.8 Å². The minimum absolute atomic E-state index is 0.0783. The van der Waals surface area contributed by atoms with Gasteiger partial charge in [-0.1, -0.05) is 19.3 Å². The molecular weight excluding hydrogens is 302 g/mol. The molecule has 130 valence electrons. The van der Waals surface area contributed by atoms with E-state index >= 15 is 0 Å². The van der Waals surface area contributed by atoms with Crippen LogP contribution >= 0.6 is 0 Å². The third-order valence-electron chi connectivity index (χ3n) is 6.62. The van der Waals surface area contributed by atoms with Crippen molar-refractivity contribution in [2.24, 2.45) is 5.73 Å². The van der Waals surface area contributed by atoms with Gasteiger partial charge in [-0.25, -0.2) is 0 Å². The molecular formula is C19H27N3O2.